The maximum atomic E-state index is 12.4. The molecule has 1 N–H and O–H groups in total. The van der Waals surface area contributed by atoms with Crippen LogP contribution in [0, 0.1) is 11.8 Å². The minimum Gasteiger partial charge on any atom is -0.484 e. The van der Waals surface area contributed by atoms with E-state index in [9.17, 15) is 18.0 Å². The quantitative estimate of drug-likeness (QED) is 0.868. The molecule has 1 aromatic rings. The number of amides is 2. The number of nitrogens with zero attached hydrogens (tertiary/aromatic N) is 1. The molecule has 0 aliphatic carbocycles. The molecule has 2 amide bonds. The average Bonchev–Trinajstić information content (AvgIpc) is 2.51. The van der Waals surface area contributed by atoms with Crippen LogP contribution in [0.15, 0.2) is 24.3 Å². The SMILES string of the molecule is CC1CC(C)CN(C(=O)NC(C)c2ccc(OCC(F)(F)F)cc2)C1. The molecule has 3 unspecified atom stereocenters. The van der Waals surface area contributed by atoms with Crippen LogP contribution in [0.1, 0.15) is 38.8 Å². The van der Waals surface area contributed by atoms with Crippen LogP contribution in [0.3, 0.4) is 0 Å². The second-order valence-corrected chi connectivity index (χ2v) is 7.00. The summed E-state index contributed by atoms with van der Waals surface area (Å²) in [6.07, 6.45) is -3.23. The van der Waals surface area contributed by atoms with Crippen LogP contribution in [-0.2, 0) is 0 Å². The number of hydrogen-bond acceptors (Lipinski definition) is 2. The van der Waals surface area contributed by atoms with Gasteiger partial charge >= 0.3 is 12.2 Å². The van der Waals surface area contributed by atoms with Gasteiger partial charge in [-0.2, -0.15) is 13.2 Å². The molecule has 1 saturated heterocycles. The monoisotopic (exact) mass is 358 g/mol. The highest BCUT2D eigenvalue weighted by Gasteiger charge is 2.28. The fraction of sp³-hybridized carbons (Fsp3) is 0.611. The summed E-state index contributed by atoms with van der Waals surface area (Å²) in [6.45, 7) is 6.29. The molecule has 3 atom stereocenters. The Hall–Kier alpha value is -1.92. The van der Waals surface area contributed by atoms with E-state index >= 15 is 0 Å². The second-order valence-electron chi connectivity index (χ2n) is 7.00. The van der Waals surface area contributed by atoms with E-state index in [2.05, 4.69) is 23.9 Å². The number of carbonyl (C=O) groups is 1. The van der Waals surface area contributed by atoms with Crippen molar-refractivity contribution in [3.63, 3.8) is 0 Å². The number of rotatable bonds is 4. The first-order valence-electron chi connectivity index (χ1n) is 8.49. The maximum absolute atomic E-state index is 12.4. The Balaban J connectivity index is 1.89. The molecular formula is C18H25F3N2O2. The fourth-order valence-electron chi connectivity index (χ4n) is 3.21. The van der Waals surface area contributed by atoms with Gasteiger partial charge in [-0.1, -0.05) is 26.0 Å². The molecule has 0 aromatic heterocycles. The molecule has 1 aromatic carbocycles. The highest BCUT2D eigenvalue weighted by atomic mass is 19.4. The lowest BCUT2D eigenvalue weighted by atomic mass is 9.92. The molecule has 25 heavy (non-hydrogen) atoms. The number of nitrogens with one attached hydrogen (secondary N) is 1. The van der Waals surface area contributed by atoms with E-state index in [-0.39, 0.29) is 17.8 Å². The molecule has 7 heteroatoms. The van der Waals surface area contributed by atoms with E-state index in [0.717, 1.165) is 25.1 Å². The fourth-order valence-corrected chi connectivity index (χ4v) is 3.21. The number of ether oxygens (including phenoxy) is 1. The predicted octanol–water partition coefficient (Wildman–Crippen LogP) is 4.38. The molecule has 0 saturated carbocycles. The molecule has 1 fully saturated rings. The molecule has 0 bridgehead atoms. The molecule has 140 valence electrons. The summed E-state index contributed by atoms with van der Waals surface area (Å²) in [4.78, 5) is 14.2. The van der Waals surface area contributed by atoms with Gasteiger partial charge in [0.2, 0.25) is 0 Å². The maximum Gasteiger partial charge on any atom is 0.422 e. The number of carbonyl (C=O) groups excluding carboxylic acids is 1. The van der Waals surface area contributed by atoms with Crippen LogP contribution in [0.2, 0.25) is 0 Å². The molecule has 0 radical (unpaired) electrons. The number of hydrogen-bond donors (Lipinski definition) is 1. The minimum absolute atomic E-state index is 0.108. The first-order valence-corrected chi connectivity index (χ1v) is 8.49. The Labute approximate surface area is 146 Å². The van der Waals surface area contributed by atoms with Crippen molar-refractivity contribution in [2.24, 2.45) is 11.8 Å². The van der Waals surface area contributed by atoms with Crippen molar-refractivity contribution >= 4 is 6.03 Å². The lowest BCUT2D eigenvalue weighted by Crippen LogP contribution is -2.47. The van der Waals surface area contributed by atoms with E-state index < -0.39 is 12.8 Å². The van der Waals surface area contributed by atoms with Gasteiger partial charge in [-0.05, 0) is 42.9 Å². The number of halogens is 3. The predicted molar refractivity (Wildman–Crippen MR) is 89.5 cm³/mol. The van der Waals surface area contributed by atoms with Crippen LogP contribution in [0.5, 0.6) is 5.75 Å². The van der Waals surface area contributed by atoms with Crippen molar-refractivity contribution in [3.05, 3.63) is 29.8 Å². The van der Waals surface area contributed by atoms with Gasteiger partial charge in [0.05, 0.1) is 6.04 Å². The molecule has 1 aliphatic rings. The topological polar surface area (TPSA) is 41.6 Å². The summed E-state index contributed by atoms with van der Waals surface area (Å²) in [5, 5.41) is 2.95. The smallest absolute Gasteiger partial charge is 0.422 e. The second kappa shape index (κ2) is 7.97. The van der Waals surface area contributed by atoms with E-state index in [4.69, 9.17) is 0 Å². The number of likely N-dealkylation sites (tertiary alicyclic amines) is 1. The lowest BCUT2D eigenvalue weighted by Gasteiger charge is -2.35. The van der Waals surface area contributed by atoms with E-state index in [0.29, 0.717) is 11.8 Å². The first-order chi connectivity index (χ1) is 11.6. The first kappa shape index (κ1) is 19.4. The summed E-state index contributed by atoms with van der Waals surface area (Å²) in [5.41, 5.74) is 0.811. The highest BCUT2D eigenvalue weighted by molar-refractivity contribution is 5.74. The summed E-state index contributed by atoms with van der Waals surface area (Å²) in [5.74, 6) is 1.11. The van der Waals surface area contributed by atoms with Crippen molar-refractivity contribution in [1.82, 2.24) is 10.2 Å². The van der Waals surface area contributed by atoms with Crippen LogP contribution >= 0.6 is 0 Å². The Morgan fingerprint density at radius 2 is 1.80 bits per heavy atom. The number of benzene rings is 1. The van der Waals surface area contributed by atoms with Crippen molar-refractivity contribution in [2.75, 3.05) is 19.7 Å². The highest BCUT2D eigenvalue weighted by Crippen LogP contribution is 2.23. The molecular weight excluding hydrogens is 333 g/mol. The van der Waals surface area contributed by atoms with Gasteiger partial charge in [0.15, 0.2) is 6.61 Å². The van der Waals surface area contributed by atoms with Crippen LogP contribution in [0.4, 0.5) is 18.0 Å². The van der Waals surface area contributed by atoms with Crippen molar-refractivity contribution in [2.45, 2.75) is 39.4 Å². The van der Waals surface area contributed by atoms with Crippen molar-refractivity contribution in [3.8, 4) is 5.75 Å². The zero-order valence-corrected chi connectivity index (χ0v) is 14.8. The lowest BCUT2D eigenvalue weighted by molar-refractivity contribution is -0.153. The third-order valence-electron chi connectivity index (χ3n) is 4.28. The molecule has 2 rings (SSSR count). The molecule has 1 heterocycles. The zero-order chi connectivity index (χ0) is 18.6. The number of urea groups is 1. The van der Waals surface area contributed by atoms with Gasteiger partial charge in [0, 0.05) is 13.1 Å². The van der Waals surface area contributed by atoms with Gasteiger partial charge in [0.1, 0.15) is 5.75 Å². The Morgan fingerprint density at radius 1 is 1.24 bits per heavy atom. The summed E-state index contributed by atoms with van der Waals surface area (Å²) in [6, 6.07) is 5.94. The molecule has 0 spiro atoms. The van der Waals surface area contributed by atoms with Gasteiger partial charge in [-0.3, -0.25) is 0 Å². The standard InChI is InChI=1S/C18H25F3N2O2/c1-12-8-13(2)10-23(9-12)17(24)22-14(3)15-4-6-16(7-5-15)25-11-18(19,20)21/h4-7,12-14H,8-11H2,1-3H3,(H,22,24). The van der Waals surface area contributed by atoms with E-state index in [1.165, 1.54) is 12.1 Å². The van der Waals surface area contributed by atoms with Crippen LogP contribution in [-0.4, -0.2) is 36.8 Å². The van der Waals surface area contributed by atoms with Gasteiger partial charge in [0.25, 0.3) is 0 Å². The van der Waals surface area contributed by atoms with Crippen molar-refractivity contribution < 1.29 is 22.7 Å². The van der Waals surface area contributed by atoms with E-state index in [1.54, 1.807) is 12.1 Å². The summed E-state index contributed by atoms with van der Waals surface area (Å²) < 4.78 is 41.1. The molecule has 4 nitrogen and oxygen atoms in total. The number of piperidine rings is 1. The number of alkyl halides is 3. The van der Waals surface area contributed by atoms with Gasteiger partial charge in [-0.25, -0.2) is 4.79 Å². The zero-order valence-electron chi connectivity index (χ0n) is 14.8. The van der Waals surface area contributed by atoms with Gasteiger partial charge in [-0.15, -0.1) is 0 Å². The Morgan fingerprint density at radius 3 is 2.32 bits per heavy atom. The van der Waals surface area contributed by atoms with Crippen LogP contribution < -0.4 is 10.1 Å². The third kappa shape index (κ3) is 6.14. The Bertz CT molecular complexity index is 565. The molecule has 1 aliphatic heterocycles. The van der Waals surface area contributed by atoms with Crippen LogP contribution in [0.25, 0.3) is 0 Å². The third-order valence-corrected chi connectivity index (χ3v) is 4.28. The normalized spacial score (nSPS) is 22.4. The summed E-state index contributed by atoms with van der Waals surface area (Å²) in [7, 11) is 0. The van der Waals surface area contributed by atoms with E-state index in [1.807, 2.05) is 11.8 Å². The largest absolute Gasteiger partial charge is 0.484 e. The Kier molecular flexibility index (Phi) is 6.19. The minimum atomic E-state index is -4.36. The average molecular weight is 358 g/mol. The van der Waals surface area contributed by atoms with Gasteiger partial charge < -0.3 is 15.0 Å². The van der Waals surface area contributed by atoms with Crippen molar-refractivity contribution in [1.29, 1.82) is 0 Å². The summed E-state index contributed by atoms with van der Waals surface area (Å²) >= 11 is 0.